The van der Waals surface area contributed by atoms with E-state index >= 15 is 0 Å². The Balaban J connectivity index is 1.24. The van der Waals surface area contributed by atoms with E-state index in [2.05, 4.69) is 10.2 Å². The van der Waals surface area contributed by atoms with Crippen LogP contribution in [0, 0.1) is 0 Å². The molecule has 1 aliphatic carbocycles. The molecule has 0 aromatic carbocycles. The molecule has 114 valence electrons. The number of rotatable bonds is 3. The Morgan fingerprint density at radius 2 is 2.15 bits per heavy atom. The summed E-state index contributed by atoms with van der Waals surface area (Å²) in [6.45, 7) is 5.32. The Hall–Kier alpha value is -0.160. The van der Waals surface area contributed by atoms with Crippen LogP contribution >= 0.6 is 0 Å². The number of hydrogen-bond acceptors (Lipinski definition) is 4. The van der Waals surface area contributed by atoms with Crippen LogP contribution in [0.1, 0.15) is 44.9 Å². The molecule has 0 amide bonds. The first-order valence-electron chi connectivity index (χ1n) is 8.56. The van der Waals surface area contributed by atoms with Crippen LogP contribution in [0.15, 0.2) is 0 Å². The van der Waals surface area contributed by atoms with E-state index in [4.69, 9.17) is 9.47 Å². The smallest absolute Gasteiger partial charge is 0.0827 e. The summed E-state index contributed by atoms with van der Waals surface area (Å²) >= 11 is 0. The highest BCUT2D eigenvalue weighted by Crippen LogP contribution is 2.42. The topological polar surface area (TPSA) is 33.7 Å². The molecule has 0 aromatic rings. The maximum atomic E-state index is 6.04. The van der Waals surface area contributed by atoms with Crippen LogP contribution in [-0.4, -0.2) is 61.5 Å². The van der Waals surface area contributed by atoms with Crippen LogP contribution in [0.5, 0.6) is 0 Å². The molecule has 4 aliphatic rings. The third kappa shape index (κ3) is 2.63. The van der Waals surface area contributed by atoms with Gasteiger partial charge in [-0.05, 0) is 51.5 Å². The molecule has 1 spiro atoms. The first-order chi connectivity index (χ1) is 9.83. The highest BCUT2D eigenvalue weighted by molar-refractivity contribution is 4.96. The van der Waals surface area contributed by atoms with Crippen LogP contribution in [-0.2, 0) is 9.47 Å². The molecule has 0 bridgehead atoms. The van der Waals surface area contributed by atoms with E-state index in [0.29, 0.717) is 18.2 Å². The van der Waals surface area contributed by atoms with Crippen molar-refractivity contribution in [3.63, 3.8) is 0 Å². The minimum absolute atomic E-state index is 0.253. The predicted molar refractivity (Wildman–Crippen MR) is 77.9 cm³/mol. The monoisotopic (exact) mass is 280 g/mol. The molecule has 3 heterocycles. The molecular weight excluding hydrogens is 252 g/mol. The minimum Gasteiger partial charge on any atom is -0.375 e. The molecule has 3 atom stereocenters. The molecule has 4 fully saturated rings. The third-order valence-electron chi connectivity index (χ3n) is 5.85. The van der Waals surface area contributed by atoms with Crippen LogP contribution in [0.4, 0.5) is 0 Å². The first kappa shape index (κ1) is 13.5. The van der Waals surface area contributed by atoms with Crippen molar-refractivity contribution in [1.29, 1.82) is 0 Å². The van der Waals surface area contributed by atoms with Crippen molar-refractivity contribution in [1.82, 2.24) is 10.2 Å². The van der Waals surface area contributed by atoms with Gasteiger partial charge in [0, 0.05) is 31.8 Å². The van der Waals surface area contributed by atoms with E-state index in [1.807, 2.05) is 0 Å². The lowest BCUT2D eigenvalue weighted by Gasteiger charge is -2.47. The van der Waals surface area contributed by atoms with Crippen molar-refractivity contribution in [3.05, 3.63) is 0 Å². The summed E-state index contributed by atoms with van der Waals surface area (Å²) in [5.41, 5.74) is 0.253. The molecule has 0 radical (unpaired) electrons. The van der Waals surface area contributed by atoms with E-state index in [0.717, 1.165) is 26.3 Å². The Morgan fingerprint density at radius 3 is 3.00 bits per heavy atom. The summed E-state index contributed by atoms with van der Waals surface area (Å²) in [6, 6.07) is 1.36. The van der Waals surface area contributed by atoms with Gasteiger partial charge in [-0.15, -0.1) is 0 Å². The van der Waals surface area contributed by atoms with Crippen molar-refractivity contribution in [2.24, 2.45) is 0 Å². The Morgan fingerprint density at radius 1 is 1.20 bits per heavy atom. The molecule has 3 unspecified atom stereocenters. The lowest BCUT2D eigenvalue weighted by Crippen LogP contribution is -2.54. The lowest BCUT2D eigenvalue weighted by molar-refractivity contribution is -0.137. The molecule has 0 aromatic heterocycles. The van der Waals surface area contributed by atoms with Crippen LogP contribution < -0.4 is 5.32 Å². The van der Waals surface area contributed by atoms with E-state index in [1.54, 1.807) is 0 Å². The number of ether oxygens (including phenoxy) is 2. The minimum atomic E-state index is 0.253. The second-order valence-corrected chi connectivity index (χ2v) is 7.23. The van der Waals surface area contributed by atoms with Crippen molar-refractivity contribution in [2.75, 3.05) is 32.8 Å². The van der Waals surface area contributed by atoms with Crippen LogP contribution in [0.3, 0.4) is 0 Å². The number of fused-ring (bicyclic) bond motifs is 1. The maximum Gasteiger partial charge on any atom is 0.0827 e. The molecule has 1 N–H and O–H groups in total. The van der Waals surface area contributed by atoms with Gasteiger partial charge in [0.15, 0.2) is 0 Å². The number of nitrogens with one attached hydrogen (secondary N) is 1. The Kier molecular flexibility index (Phi) is 3.75. The van der Waals surface area contributed by atoms with Gasteiger partial charge in [-0.2, -0.15) is 0 Å². The number of hydrogen-bond donors (Lipinski definition) is 1. The maximum absolute atomic E-state index is 6.04. The summed E-state index contributed by atoms with van der Waals surface area (Å²) in [5, 5.41) is 3.76. The summed E-state index contributed by atoms with van der Waals surface area (Å²) in [4.78, 5) is 2.63. The van der Waals surface area contributed by atoms with Crippen molar-refractivity contribution in [2.45, 2.75) is 68.7 Å². The fourth-order valence-electron chi connectivity index (χ4n) is 4.43. The van der Waals surface area contributed by atoms with Gasteiger partial charge in [-0.1, -0.05) is 0 Å². The number of morpholine rings is 1. The summed E-state index contributed by atoms with van der Waals surface area (Å²) < 4.78 is 12.0. The fraction of sp³-hybridized carbons (Fsp3) is 1.00. The largest absolute Gasteiger partial charge is 0.375 e. The average Bonchev–Trinajstić information content (AvgIpc) is 2.91. The zero-order valence-corrected chi connectivity index (χ0v) is 12.5. The van der Waals surface area contributed by atoms with Gasteiger partial charge in [0.1, 0.15) is 0 Å². The van der Waals surface area contributed by atoms with Crippen molar-refractivity contribution < 1.29 is 9.47 Å². The van der Waals surface area contributed by atoms with Gasteiger partial charge in [0.2, 0.25) is 0 Å². The molecular formula is C16H28N2O2. The molecule has 4 rings (SSSR count). The Bertz CT molecular complexity index is 345. The predicted octanol–water partition coefficient (Wildman–Crippen LogP) is 1.54. The summed E-state index contributed by atoms with van der Waals surface area (Å²) in [7, 11) is 0. The van der Waals surface area contributed by atoms with Gasteiger partial charge in [0.05, 0.1) is 18.3 Å². The summed E-state index contributed by atoms with van der Waals surface area (Å²) in [5.74, 6) is 0. The standard InChI is InChI=1S/C16H28N2O2/c1-3-14-12-19-15(11-18(14)7-1)10-17-13-4-8-20-16(9-13)5-2-6-16/h13-15,17H,1-12H2. The molecule has 4 heteroatoms. The van der Waals surface area contributed by atoms with Crippen LogP contribution in [0.2, 0.25) is 0 Å². The zero-order valence-electron chi connectivity index (χ0n) is 12.5. The van der Waals surface area contributed by atoms with E-state index in [-0.39, 0.29) is 5.60 Å². The lowest BCUT2D eigenvalue weighted by atomic mass is 9.74. The molecule has 3 aliphatic heterocycles. The third-order valence-corrected chi connectivity index (χ3v) is 5.85. The molecule has 4 nitrogen and oxygen atoms in total. The average molecular weight is 280 g/mol. The van der Waals surface area contributed by atoms with Gasteiger partial charge in [-0.3, -0.25) is 4.90 Å². The van der Waals surface area contributed by atoms with Crippen molar-refractivity contribution >= 4 is 0 Å². The second kappa shape index (κ2) is 5.56. The zero-order chi connectivity index (χ0) is 13.4. The summed E-state index contributed by atoms with van der Waals surface area (Å²) in [6.07, 6.45) is 9.38. The second-order valence-electron chi connectivity index (χ2n) is 7.23. The molecule has 1 saturated carbocycles. The SMILES string of the molecule is C1CC2COC(CNC3CCOC4(CCC4)C3)CN2C1. The first-order valence-corrected chi connectivity index (χ1v) is 8.56. The Labute approximate surface area is 122 Å². The van der Waals surface area contributed by atoms with E-state index in [1.165, 1.54) is 51.5 Å². The van der Waals surface area contributed by atoms with Gasteiger partial charge >= 0.3 is 0 Å². The normalized spacial score (nSPS) is 40.5. The highest BCUT2D eigenvalue weighted by Gasteiger charge is 2.42. The fourth-order valence-corrected chi connectivity index (χ4v) is 4.43. The molecule has 20 heavy (non-hydrogen) atoms. The molecule has 3 saturated heterocycles. The number of nitrogens with zero attached hydrogens (tertiary/aromatic N) is 1. The van der Waals surface area contributed by atoms with Crippen LogP contribution in [0.25, 0.3) is 0 Å². The van der Waals surface area contributed by atoms with Gasteiger partial charge in [-0.25, -0.2) is 0 Å². The van der Waals surface area contributed by atoms with E-state index < -0.39 is 0 Å². The van der Waals surface area contributed by atoms with Gasteiger partial charge in [0.25, 0.3) is 0 Å². The highest BCUT2D eigenvalue weighted by atomic mass is 16.5. The van der Waals surface area contributed by atoms with Gasteiger partial charge < -0.3 is 14.8 Å². The van der Waals surface area contributed by atoms with E-state index in [9.17, 15) is 0 Å². The quantitative estimate of drug-likeness (QED) is 0.850. The van der Waals surface area contributed by atoms with Crippen molar-refractivity contribution in [3.8, 4) is 0 Å².